The molecule has 0 aliphatic carbocycles. The zero-order valence-corrected chi connectivity index (χ0v) is 29.2. The quantitative estimate of drug-likeness (QED) is 0.159. The molecule has 1 heteroatoms. The van der Waals surface area contributed by atoms with Crippen LogP contribution in [0.15, 0.2) is 212 Å². The summed E-state index contributed by atoms with van der Waals surface area (Å²) in [6.45, 7) is 0. The molecule has 0 unspecified atom stereocenters. The standard InChI is InChI=1S/C52H35N/c1-2-12-36(13-3-1)38-24-29-44(30-25-38)53(51-21-11-10-19-47(51)43-23-22-37-14-4-5-16-41(37)34-43)45-31-26-40(27-32-45)50-35-42-17-7-8-18-46(42)49-33-28-39-15-6-9-20-48(39)52(49)50/h1-35H. The second-order valence-corrected chi connectivity index (χ2v) is 13.7. The van der Waals surface area contributed by atoms with Gasteiger partial charge in [0.25, 0.3) is 0 Å². The third-order valence-corrected chi connectivity index (χ3v) is 10.6. The van der Waals surface area contributed by atoms with Crippen molar-refractivity contribution in [2.75, 3.05) is 4.90 Å². The Morgan fingerprint density at radius 1 is 0.264 bits per heavy atom. The van der Waals surface area contributed by atoms with Crippen molar-refractivity contribution in [2.24, 2.45) is 0 Å². The van der Waals surface area contributed by atoms with Gasteiger partial charge in [-0.25, -0.2) is 0 Å². The number of nitrogens with zero attached hydrogens (tertiary/aromatic N) is 1. The Balaban J connectivity index is 1.15. The van der Waals surface area contributed by atoms with E-state index in [-0.39, 0.29) is 0 Å². The number of rotatable bonds is 6. The molecule has 10 aromatic rings. The Hall–Kier alpha value is -6.96. The Morgan fingerprint density at radius 2 is 0.811 bits per heavy atom. The van der Waals surface area contributed by atoms with Gasteiger partial charge in [-0.3, -0.25) is 0 Å². The molecule has 10 rings (SSSR count). The van der Waals surface area contributed by atoms with Crippen LogP contribution in [0.4, 0.5) is 17.1 Å². The van der Waals surface area contributed by atoms with Gasteiger partial charge in [0.15, 0.2) is 0 Å². The van der Waals surface area contributed by atoms with Gasteiger partial charge in [-0.05, 0) is 113 Å². The van der Waals surface area contributed by atoms with Crippen LogP contribution in [0, 0.1) is 0 Å². The second kappa shape index (κ2) is 13.0. The van der Waals surface area contributed by atoms with Crippen LogP contribution in [0.3, 0.4) is 0 Å². The van der Waals surface area contributed by atoms with Crippen LogP contribution < -0.4 is 4.90 Å². The topological polar surface area (TPSA) is 3.24 Å². The predicted octanol–water partition coefficient (Wildman–Crippen LogP) is 14.8. The number of benzene rings is 10. The van der Waals surface area contributed by atoms with Gasteiger partial charge >= 0.3 is 0 Å². The molecule has 53 heavy (non-hydrogen) atoms. The zero-order valence-electron chi connectivity index (χ0n) is 29.2. The lowest BCUT2D eigenvalue weighted by atomic mass is 9.90. The van der Waals surface area contributed by atoms with Crippen molar-refractivity contribution in [1.82, 2.24) is 0 Å². The molecule has 1 nitrogen and oxygen atoms in total. The highest BCUT2D eigenvalue weighted by Gasteiger charge is 2.19. The lowest BCUT2D eigenvalue weighted by Crippen LogP contribution is -2.11. The fourth-order valence-electron chi connectivity index (χ4n) is 8.03. The van der Waals surface area contributed by atoms with Crippen molar-refractivity contribution in [2.45, 2.75) is 0 Å². The maximum Gasteiger partial charge on any atom is 0.0540 e. The summed E-state index contributed by atoms with van der Waals surface area (Å²) in [5.41, 5.74) is 10.6. The molecule has 0 aliphatic heterocycles. The number of para-hydroxylation sites is 1. The van der Waals surface area contributed by atoms with E-state index in [0.29, 0.717) is 0 Å². The summed E-state index contributed by atoms with van der Waals surface area (Å²) in [6, 6.07) is 77.3. The molecule has 0 radical (unpaired) electrons. The van der Waals surface area contributed by atoms with Gasteiger partial charge in [0.1, 0.15) is 0 Å². The summed E-state index contributed by atoms with van der Waals surface area (Å²) in [7, 11) is 0. The lowest BCUT2D eigenvalue weighted by molar-refractivity contribution is 1.28. The van der Waals surface area contributed by atoms with E-state index < -0.39 is 0 Å². The van der Waals surface area contributed by atoms with E-state index in [4.69, 9.17) is 0 Å². The summed E-state index contributed by atoms with van der Waals surface area (Å²) >= 11 is 0. The molecule has 0 aromatic heterocycles. The van der Waals surface area contributed by atoms with E-state index in [2.05, 4.69) is 217 Å². The monoisotopic (exact) mass is 673 g/mol. The number of anilines is 3. The lowest BCUT2D eigenvalue weighted by Gasteiger charge is -2.28. The fraction of sp³-hybridized carbons (Fsp3) is 0. The van der Waals surface area contributed by atoms with Crippen molar-refractivity contribution in [3.63, 3.8) is 0 Å². The minimum atomic E-state index is 1.10. The highest BCUT2D eigenvalue weighted by Crippen LogP contribution is 2.44. The van der Waals surface area contributed by atoms with Gasteiger partial charge in [-0.2, -0.15) is 0 Å². The molecule has 248 valence electrons. The largest absolute Gasteiger partial charge is 0.310 e. The van der Waals surface area contributed by atoms with Crippen LogP contribution in [0.2, 0.25) is 0 Å². The molecule has 0 fully saturated rings. The summed E-state index contributed by atoms with van der Waals surface area (Å²) < 4.78 is 0. The molecule has 0 atom stereocenters. The third kappa shape index (κ3) is 5.51. The second-order valence-electron chi connectivity index (χ2n) is 13.7. The minimum absolute atomic E-state index is 1.10. The van der Waals surface area contributed by atoms with E-state index in [1.165, 1.54) is 76.5 Å². The third-order valence-electron chi connectivity index (χ3n) is 10.6. The minimum Gasteiger partial charge on any atom is -0.310 e. The predicted molar refractivity (Wildman–Crippen MR) is 227 cm³/mol. The van der Waals surface area contributed by atoms with Crippen molar-refractivity contribution in [3.8, 4) is 33.4 Å². The molecule has 0 heterocycles. The zero-order chi connectivity index (χ0) is 35.1. The average molecular weight is 674 g/mol. The van der Waals surface area contributed by atoms with Crippen LogP contribution in [-0.2, 0) is 0 Å². The van der Waals surface area contributed by atoms with Gasteiger partial charge in [0, 0.05) is 16.9 Å². The van der Waals surface area contributed by atoms with E-state index >= 15 is 0 Å². The Kier molecular flexibility index (Phi) is 7.55. The summed E-state index contributed by atoms with van der Waals surface area (Å²) in [4.78, 5) is 2.40. The van der Waals surface area contributed by atoms with Crippen LogP contribution in [0.5, 0.6) is 0 Å². The Morgan fingerprint density at radius 3 is 1.58 bits per heavy atom. The molecular weight excluding hydrogens is 639 g/mol. The maximum atomic E-state index is 2.40. The van der Waals surface area contributed by atoms with E-state index in [9.17, 15) is 0 Å². The number of fused-ring (bicyclic) bond motifs is 6. The van der Waals surface area contributed by atoms with Crippen molar-refractivity contribution in [1.29, 1.82) is 0 Å². The highest BCUT2D eigenvalue weighted by molar-refractivity contribution is 6.23. The molecule has 0 spiro atoms. The van der Waals surface area contributed by atoms with Crippen LogP contribution in [0.25, 0.3) is 76.5 Å². The Labute approximate surface area is 309 Å². The smallest absolute Gasteiger partial charge is 0.0540 e. The van der Waals surface area contributed by atoms with Gasteiger partial charge in [0.05, 0.1) is 5.69 Å². The SMILES string of the molecule is c1ccc(-c2ccc(N(c3ccc(-c4cc5ccccc5c5ccc6ccccc6c45)cc3)c3ccccc3-c3ccc4ccccc4c3)cc2)cc1. The maximum absolute atomic E-state index is 2.40. The molecule has 0 saturated heterocycles. The van der Waals surface area contributed by atoms with E-state index in [1.54, 1.807) is 0 Å². The summed E-state index contributed by atoms with van der Waals surface area (Å²) in [5.74, 6) is 0. The molecule has 0 aliphatic rings. The fourth-order valence-corrected chi connectivity index (χ4v) is 8.03. The molecule has 0 N–H and O–H groups in total. The van der Waals surface area contributed by atoms with Gasteiger partial charge in [-0.15, -0.1) is 0 Å². The molecule has 0 amide bonds. The summed E-state index contributed by atoms with van der Waals surface area (Å²) in [5, 5.41) is 10.1. The van der Waals surface area contributed by atoms with Gasteiger partial charge in [0.2, 0.25) is 0 Å². The molecule has 10 aromatic carbocycles. The van der Waals surface area contributed by atoms with Crippen molar-refractivity contribution in [3.05, 3.63) is 212 Å². The summed E-state index contributed by atoms with van der Waals surface area (Å²) in [6.07, 6.45) is 0. The first-order valence-electron chi connectivity index (χ1n) is 18.3. The van der Waals surface area contributed by atoms with Crippen molar-refractivity contribution < 1.29 is 0 Å². The van der Waals surface area contributed by atoms with Crippen molar-refractivity contribution >= 4 is 60.2 Å². The first-order valence-corrected chi connectivity index (χ1v) is 18.3. The van der Waals surface area contributed by atoms with E-state index in [1.807, 2.05) is 0 Å². The van der Waals surface area contributed by atoms with Gasteiger partial charge in [-0.1, -0.05) is 170 Å². The van der Waals surface area contributed by atoms with Crippen LogP contribution in [0.1, 0.15) is 0 Å². The molecular formula is C52H35N. The van der Waals surface area contributed by atoms with Gasteiger partial charge < -0.3 is 4.90 Å². The molecule has 0 bridgehead atoms. The average Bonchev–Trinajstić information content (AvgIpc) is 3.24. The first kappa shape index (κ1) is 30.8. The van der Waals surface area contributed by atoms with Crippen LogP contribution in [-0.4, -0.2) is 0 Å². The Bertz CT molecular complexity index is 2920. The number of hydrogen-bond acceptors (Lipinski definition) is 1. The van der Waals surface area contributed by atoms with Crippen LogP contribution >= 0.6 is 0 Å². The highest BCUT2D eigenvalue weighted by atomic mass is 15.1. The number of hydrogen-bond donors (Lipinski definition) is 0. The van der Waals surface area contributed by atoms with E-state index in [0.717, 1.165) is 17.1 Å². The molecule has 0 saturated carbocycles. The normalized spacial score (nSPS) is 11.4. The first-order chi connectivity index (χ1) is 26.3.